The molecule has 2 aliphatic rings. The summed E-state index contributed by atoms with van der Waals surface area (Å²) in [5.74, 6) is 0. The lowest BCUT2D eigenvalue weighted by Gasteiger charge is -2.22. The lowest BCUT2D eigenvalue weighted by Crippen LogP contribution is -2.33. The lowest BCUT2D eigenvalue weighted by molar-refractivity contribution is 0.318. The lowest BCUT2D eigenvalue weighted by atomic mass is 10.1. The number of halogens is 2. The van der Waals surface area contributed by atoms with Gasteiger partial charge in [-0.2, -0.15) is 0 Å². The fourth-order valence-electron chi connectivity index (χ4n) is 3.07. The van der Waals surface area contributed by atoms with E-state index in [4.69, 9.17) is 23.2 Å². The highest BCUT2D eigenvalue weighted by atomic mass is 35.5. The van der Waals surface area contributed by atoms with Crippen molar-refractivity contribution < 1.29 is 0 Å². The van der Waals surface area contributed by atoms with Gasteiger partial charge in [-0.3, -0.25) is 4.90 Å². The molecule has 2 atom stereocenters. The molecule has 1 aromatic rings. The summed E-state index contributed by atoms with van der Waals surface area (Å²) in [5.41, 5.74) is 0.970. The number of fused-ring (bicyclic) bond motifs is 1. The van der Waals surface area contributed by atoms with Crippen LogP contribution < -0.4 is 5.32 Å². The smallest absolute Gasteiger partial charge is 0.0823 e. The molecule has 4 heteroatoms. The van der Waals surface area contributed by atoms with Crippen LogP contribution in [0.25, 0.3) is 0 Å². The van der Waals surface area contributed by atoms with Crippen LogP contribution >= 0.6 is 23.2 Å². The first-order valence-electron chi connectivity index (χ1n) is 6.20. The predicted octanol–water partition coefficient (Wildman–Crippen LogP) is 3.64. The molecule has 2 fully saturated rings. The predicted molar refractivity (Wildman–Crippen MR) is 73.1 cm³/mol. The van der Waals surface area contributed by atoms with Gasteiger partial charge in [0, 0.05) is 18.6 Å². The van der Waals surface area contributed by atoms with Crippen LogP contribution in [0.3, 0.4) is 0 Å². The molecule has 1 N–H and O–H groups in total. The van der Waals surface area contributed by atoms with Crippen LogP contribution in [0.1, 0.15) is 19.3 Å². The first-order valence-corrected chi connectivity index (χ1v) is 6.96. The van der Waals surface area contributed by atoms with Crippen molar-refractivity contribution in [3.05, 3.63) is 28.2 Å². The topological polar surface area (TPSA) is 15.3 Å². The van der Waals surface area contributed by atoms with Gasteiger partial charge in [-0.15, -0.1) is 0 Å². The molecule has 0 bridgehead atoms. The Morgan fingerprint density at radius 1 is 1.18 bits per heavy atom. The SMILES string of the molecule is Clc1cccc(NC2CCN3CCCC23)c1Cl. The Balaban J connectivity index is 1.76. The Labute approximate surface area is 112 Å². The first-order chi connectivity index (χ1) is 8.25. The van der Waals surface area contributed by atoms with Gasteiger partial charge in [-0.25, -0.2) is 0 Å². The Hall–Kier alpha value is -0.440. The van der Waals surface area contributed by atoms with Gasteiger partial charge in [0.15, 0.2) is 0 Å². The van der Waals surface area contributed by atoms with Gasteiger partial charge in [-0.05, 0) is 37.9 Å². The molecule has 2 aliphatic heterocycles. The minimum atomic E-state index is 0.522. The molecule has 2 heterocycles. The van der Waals surface area contributed by atoms with Crippen LogP contribution in [0.5, 0.6) is 0 Å². The molecule has 0 amide bonds. The molecule has 92 valence electrons. The number of nitrogens with zero attached hydrogens (tertiary/aromatic N) is 1. The molecule has 0 aromatic heterocycles. The highest BCUT2D eigenvalue weighted by Gasteiger charge is 2.37. The zero-order valence-electron chi connectivity index (χ0n) is 9.63. The average Bonchev–Trinajstić information content (AvgIpc) is 2.89. The first kappa shape index (κ1) is 11.6. The minimum absolute atomic E-state index is 0.522. The summed E-state index contributed by atoms with van der Waals surface area (Å²) in [6.07, 6.45) is 3.83. The van der Waals surface area contributed by atoms with Crippen LogP contribution in [0.2, 0.25) is 10.0 Å². The summed E-state index contributed by atoms with van der Waals surface area (Å²) in [6.45, 7) is 2.46. The van der Waals surface area contributed by atoms with E-state index >= 15 is 0 Å². The standard InChI is InChI=1S/C13H16Cl2N2/c14-9-3-1-4-11(13(9)15)16-10-6-8-17-7-2-5-12(10)17/h1,3-4,10,12,16H,2,5-8H2. The Bertz CT molecular complexity index is 422. The van der Waals surface area contributed by atoms with E-state index in [1.54, 1.807) is 0 Å². The van der Waals surface area contributed by atoms with Crippen molar-refractivity contribution in [2.75, 3.05) is 18.4 Å². The third kappa shape index (κ3) is 2.14. The second-order valence-corrected chi connectivity index (χ2v) is 5.67. The van der Waals surface area contributed by atoms with Gasteiger partial charge in [-0.1, -0.05) is 29.3 Å². The number of hydrogen-bond donors (Lipinski definition) is 1. The minimum Gasteiger partial charge on any atom is -0.379 e. The summed E-state index contributed by atoms with van der Waals surface area (Å²) in [7, 11) is 0. The number of rotatable bonds is 2. The highest BCUT2D eigenvalue weighted by molar-refractivity contribution is 6.43. The third-order valence-corrected chi connectivity index (χ3v) is 4.72. The van der Waals surface area contributed by atoms with E-state index in [1.165, 1.54) is 32.4 Å². The number of anilines is 1. The van der Waals surface area contributed by atoms with Gasteiger partial charge in [0.2, 0.25) is 0 Å². The summed E-state index contributed by atoms with van der Waals surface area (Å²) in [4.78, 5) is 2.58. The Kier molecular flexibility index (Phi) is 3.20. The molecular formula is C13H16Cl2N2. The maximum atomic E-state index is 6.21. The zero-order chi connectivity index (χ0) is 11.8. The summed E-state index contributed by atoms with van der Waals surface area (Å²) < 4.78 is 0. The van der Waals surface area contributed by atoms with Crippen LogP contribution in [-0.2, 0) is 0 Å². The van der Waals surface area contributed by atoms with Crippen LogP contribution in [0, 0.1) is 0 Å². The van der Waals surface area contributed by atoms with Crippen molar-refractivity contribution in [1.82, 2.24) is 4.90 Å². The van der Waals surface area contributed by atoms with E-state index in [0.29, 0.717) is 22.1 Å². The molecule has 0 aliphatic carbocycles. The van der Waals surface area contributed by atoms with E-state index in [-0.39, 0.29) is 0 Å². The summed E-state index contributed by atoms with van der Waals surface area (Å²) in [5, 5.41) is 4.83. The van der Waals surface area contributed by atoms with E-state index in [9.17, 15) is 0 Å². The zero-order valence-corrected chi connectivity index (χ0v) is 11.1. The Morgan fingerprint density at radius 2 is 2.06 bits per heavy atom. The normalized spacial score (nSPS) is 28.4. The largest absolute Gasteiger partial charge is 0.379 e. The van der Waals surface area contributed by atoms with E-state index in [2.05, 4.69) is 10.2 Å². The second kappa shape index (κ2) is 4.68. The monoisotopic (exact) mass is 270 g/mol. The summed E-state index contributed by atoms with van der Waals surface area (Å²) in [6, 6.07) is 6.98. The molecule has 0 spiro atoms. The van der Waals surface area contributed by atoms with Crippen molar-refractivity contribution in [2.45, 2.75) is 31.3 Å². The molecule has 1 aromatic carbocycles. The van der Waals surface area contributed by atoms with E-state index in [1.807, 2.05) is 18.2 Å². The quantitative estimate of drug-likeness (QED) is 0.883. The number of nitrogens with one attached hydrogen (secondary N) is 1. The number of hydrogen-bond acceptors (Lipinski definition) is 2. The maximum Gasteiger partial charge on any atom is 0.0823 e. The highest BCUT2D eigenvalue weighted by Crippen LogP contribution is 2.34. The third-order valence-electron chi connectivity index (χ3n) is 3.90. The molecular weight excluding hydrogens is 255 g/mol. The van der Waals surface area contributed by atoms with Gasteiger partial charge in [0.25, 0.3) is 0 Å². The van der Waals surface area contributed by atoms with Gasteiger partial charge in [0.1, 0.15) is 0 Å². The van der Waals surface area contributed by atoms with Gasteiger partial charge >= 0.3 is 0 Å². The molecule has 2 nitrogen and oxygen atoms in total. The van der Waals surface area contributed by atoms with Crippen LogP contribution in [0.4, 0.5) is 5.69 Å². The molecule has 2 unspecified atom stereocenters. The second-order valence-electron chi connectivity index (χ2n) is 4.89. The van der Waals surface area contributed by atoms with Crippen molar-refractivity contribution in [2.24, 2.45) is 0 Å². The fourth-order valence-corrected chi connectivity index (χ4v) is 3.42. The number of benzene rings is 1. The van der Waals surface area contributed by atoms with E-state index < -0.39 is 0 Å². The van der Waals surface area contributed by atoms with Gasteiger partial charge in [0.05, 0.1) is 15.7 Å². The Morgan fingerprint density at radius 3 is 2.94 bits per heavy atom. The van der Waals surface area contributed by atoms with Crippen LogP contribution in [0.15, 0.2) is 18.2 Å². The maximum absolute atomic E-state index is 6.21. The van der Waals surface area contributed by atoms with E-state index in [0.717, 1.165) is 5.69 Å². The average molecular weight is 271 g/mol. The van der Waals surface area contributed by atoms with Crippen LogP contribution in [-0.4, -0.2) is 30.1 Å². The molecule has 3 rings (SSSR count). The molecule has 0 radical (unpaired) electrons. The molecule has 17 heavy (non-hydrogen) atoms. The molecule has 2 saturated heterocycles. The van der Waals surface area contributed by atoms with Crippen molar-refractivity contribution in [1.29, 1.82) is 0 Å². The van der Waals surface area contributed by atoms with Crippen molar-refractivity contribution >= 4 is 28.9 Å². The van der Waals surface area contributed by atoms with Crippen molar-refractivity contribution in [3.63, 3.8) is 0 Å². The van der Waals surface area contributed by atoms with Crippen molar-refractivity contribution in [3.8, 4) is 0 Å². The fraction of sp³-hybridized carbons (Fsp3) is 0.538. The molecule has 0 saturated carbocycles. The van der Waals surface area contributed by atoms with Gasteiger partial charge < -0.3 is 5.32 Å². The summed E-state index contributed by atoms with van der Waals surface area (Å²) >= 11 is 12.2.